The van der Waals surface area contributed by atoms with Gasteiger partial charge in [0.1, 0.15) is 11.6 Å². The summed E-state index contributed by atoms with van der Waals surface area (Å²) in [4.78, 5) is 48.9. The molecule has 1 aromatic heterocycles. The summed E-state index contributed by atoms with van der Waals surface area (Å²) in [5, 5.41) is 2.35. The second kappa shape index (κ2) is 10.7. The second-order valence-corrected chi connectivity index (χ2v) is 10.6. The molecule has 1 aliphatic rings. The van der Waals surface area contributed by atoms with Crippen LogP contribution in [0.15, 0.2) is 69.1 Å². The molecular weight excluding hydrogens is 519 g/mol. The van der Waals surface area contributed by atoms with E-state index in [1.807, 2.05) is 12.1 Å². The van der Waals surface area contributed by atoms with Gasteiger partial charge in [-0.15, -0.1) is 0 Å². The molecule has 4 rings (SSSR count). The minimum atomic E-state index is -4.09. The maximum absolute atomic E-state index is 13.4. The van der Waals surface area contributed by atoms with Crippen molar-refractivity contribution in [1.29, 1.82) is 0 Å². The summed E-state index contributed by atoms with van der Waals surface area (Å²) < 4.78 is 48.4. The van der Waals surface area contributed by atoms with E-state index in [0.29, 0.717) is 12.0 Å². The lowest BCUT2D eigenvalue weighted by atomic mass is 9.92. The summed E-state index contributed by atoms with van der Waals surface area (Å²) >= 11 is 0. The van der Waals surface area contributed by atoms with Gasteiger partial charge in [-0.25, -0.2) is 17.6 Å². The number of hydrogen-bond donors (Lipinski definition) is 1. The maximum Gasteiger partial charge on any atom is 0.332 e. The Hall–Kier alpha value is -4.10. The lowest BCUT2D eigenvalue weighted by Crippen LogP contribution is -2.41. The molecule has 0 saturated heterocycles. The van der Waals surface area contributed by atoms with E-state index in [-0.39, 0.29) is 23.7 Å². The Bertz CT molecular complexity index is 1610. The van der Waals surface area contributed by atoms with Crippen LogP contribution in [0.2, 0.25) is 0 Å². The van der Waals surface area contributed by atoms with Crippen molar-refractivity contribution >= 4 is 27.7 Å². The SMILES string of the molecule is Cn1c(NC(=O)COC(=O)CC2c3ccccc3CCN2S(=O)(=O)c2ccc(F)cc2)cc(=O)n(C)c1=O. The Morgan fingerprint density at radius 1 is 1.05 bits per heavy atom. The third kappa shape index (κ3) is 5.43. The van der Waals surface area contributed by atoms with Crippen molar-refractivity contribution in [1.82, 2.24) is 13.4 Å². The number of esters is 1. The van der Waals surface area contributed by atoms with Crippen LogP contribution in [-0.4, -0.2) is 46.9 Å². The van der Waals surface area contributed by atoms with Crippen molar-refractivity contribution in [2.45, 2.75) is 23.8 Å². The van der Waals surface area contributed by atoms with Crippen LogP contribution < -0.4 is 16.6 Å². The predicted octanol–water partition coefficient (Wildman–Crippen LogP) is 1.08. The smallest absolute Gasteiger partial charge is 0.332 e. The minimum absolute atomic E-state index is 0.0723. The van der Waals surface area contributed by atoms with E-state index in [9.17, 15) is 32.0 Å². The van der Waals surface area contributed by atoms with Gasteiger partial charge in [0.25, 0.3) is 11.5 Å². The number of aromatic nitrogens is 2. The molecule has 0 aliphatic carbocycles. The summed E-state index contributed by atoms with van der Waals surface area (Å²) in [6, 6.07) is 11.7. The van der Waals surface area contributed by atoms with Crippen LogP contribution in [-0.2, 0) is 44.9 Å². The average molecular weight is 545 g/mol. The molecule has 0 radical (unpaired) electrons. The molecule has 200 valence electrons. The molecule has 1 aliphatic heterocycles. The summed E-state index contributed by atoms with van der Waals surface area (Å²) in [5.74, 6) is -2.28. The molecule has 1 N–H and O–H groups in total. The Labute approximate surface area is 217 Å². The lowest BCUT2D eigenvalue weighted by molar-refractivity contribution is -0.148. The van der Waals surface area contributed by atoms with E-state index in [4.69, 9.17) is 4.74 Å². The lowest BCUT2D eigenvalue weighted by Gasteiger charge is -2.36. The van der Waals surface area contributed by atoms with Gasteiger partial charge in [-0.2, -0.15) is 4.31 Å². The summed E-state index contributed by atoms with van der Waals surface area (Å²) in [7, 11) is -1.44. The predicted molar refractivity (Wildman–Crippen MR) is 134 cm³/mol. The van der Waals surface area contributed by atoms with Crippen LogP contribution in [0.25, 0.3) is 0 Å². The molecule has 38 heavy (non-hydrogen) atoms. The number of halogens is 1. The number of hydrogen-bond acceptors (Lipinski definition) is 7. The van der Waals surface area contributed by atoms with E-state index in [0.717, 1.165) is 45.0 Å². The van der Waals surface area contributed by atoms with Crippen LogP contribution in [0.5, 0.6) is 0 Å². The first-order valence-electron chi connectivity index (χ1n) is 11.6. The minimum Gasteiger partial charge on any atom is -0.456 e. The molecule has 1 atom stereocenters. The highest BCUT2D eigenvalue weighted by Crippen LogP contribution is 2.36. The Balaban J connectivity index is 1.51. The van der Waals surface area contributed by atoms with Gasteiger partial charge in [0.2, 0.25) is 10.0 Å². The first-order chi connectivity index (χ1) is 18.0. The van der Waals surface area contributed by atoms with Gasteiger partial charge in [0.15, 0.2) is 6.61 Å². The summed E-state index contributed by atoms with van der Waals surface area (Å²) in [5.41, 5.74) is 0.225. The van der Waals surface area contributed by atoms with E-state index >= 15 is 0 Å². The normalized spacial score (nSPS) is 15.5. The summed E-state index contributed by atoms with van der Waals surface area (Å²) in [6.45, 7) is -0.631. The number of carbonyl (C=O) groups is 2. The van der Waals surface area contributed by atoms with Gasteiger partial charge < -0.3 is 10.1 Å². The maximum atomic E-state index is 13.4. The number of amides is 1. The molecule has 3 aromatic rings. The molecule has 2 heterocycles. The molecule has 0 fully saturated rings. The van der Waals surface area contributed by atoms with Gasteiger partial charge in [-0.3, -0.25) is 23.5 Å². The molecule has 1 unspecified atom stereocenters. The molecule has 0 bridgehead atoms. The third-order valence-corrected chi connectivity index (χ3v) is 8.22. The number of nitrogens with zero attached hydrogens (tertiary/aromatic N) is 3. The number of rotatable bonds is 7. The quantitative estimate of drug-likeness (QED) is 0.440. The van der Waals surface area contributed by atoms with E-state index < -0.39 is 51.6 Å². The Morgan fingerprint density at radius 2 is 1.74 bits per heavy atom. The van der Waals surface area contributed by atoms with Gasteiger partial charge in [-0.05, 0) is 41.8 Å². The van der Waals surface area contributed by atoms with Gasteiger partial charge in [0, 0.05) is 26.7 Å². The average Bonchev–Trinajstić information content (AvgIpc) is 2.89. The molecule has 0 saturated carbocycles. The zero-order valence-electron chi connectivity index (χ0n) is 20.6. The van der Waals surface area contributed by atoms with Crippen LogP contribution in [0.1, 0.15) is 23.6 Å². The van der Waals surface area contributed by atoms with Crippen molar-refractivity contribution in [3.05, 3.63) is 92.4 Å². The van der Waals surface area contributed by atoms with Crippen LogP contribution in [0.3, 0.4) is 0 Å². The van der Waals surface area contributed by atoms with Crippen LogP contribution in [0, 0.1) is 5.82 Å². The number of carbonyl (C=O) groups excluding carboxylic acids is 2. The highest BCUT2D eigenvalue weighted by atomic mass is 32.2. The number of nitrogens with one attached hydrogen (secondary N) is 1. The zero-order chi connectivity index (χ0) is 27.6. The van der Waals surface area contributed by atoms with Crippen molar-refractivity contribution < 1.29 is 27.1 Å². The Morgan fingerprint density at radius 3 is 2.45 bits per heavy atom. The van der Waals surface area contributed by atoms with E-state index in [1.54, 1.807) is 12.1 Å². The highest BCUT2D eigenvalue weighted by molar-refractivity contribution is 7.89. The fourth-order valence-corrected chi connectivity index (χ4v) is 5.87. The Kier molecular flexibility index (Phi) is 7.60. The van der Waals surface area contributed by atoms with Crippen molar-refractivity contribution in [3.8, 4) is 0 Å². The van der Waals surface area contributed by atoms with E-state index in [1.165, 1.54) is 18.4 Å². The zero-order valence-corrected chi connectivity index (χ0v) is 21.4. The van der Waals surface area contributed by atoms with Gasteiger partial charge in [-0.1, -0.05) is 24.3 Å². The fraction of sp³-hybridized carbons (Fsp3) is 0.280. The third-order valence-electron chi connectivity index (χ3n) is 6.30. The van der Waals surface area contributed by atoms with Crippen LogP contribution in [0.4, 0.5) is 10.2 Å². The number of fused-ring (bicyclic) bond motifs is 1. The number of benzene rings is 2. The largest absolute Gasteiger partial charge is 0.456 e. The number of sulfonamides is 1. The van der Waals surface area contributed by atoms with Crippen molar-refractivity contribution in [2.24, 2.45) is 14.1 Å². The molecule has 1 amide bonds. The molecule has 2 aromatic carbocycles. The van der Waals surface area contributed by atoms with Gasteiger partial charge >= 0.3 is 11.7 Å². The van der Waals surface area contributed by atoms with E-state index in [2.05, 4.69) is 5.32 Å². The van der Waals surface area contributed by atoms with Crippen molar-refractivity contribution in [2.75, 3.05) is 18.5 Å². The monoisotopic (exact) mass is 544 g/mol. The molecule has 0 spiro atoms. The first kappa shape index (κ1) is 26.9. The van der Waals surface area contributed by atoms with Crippen molar-refractivity contribution in [3.63, 3.8) is 0 Å². The molecule has 11 nitrogen and oxygen atoms in total. The standard InChI is InChI=1S/C25H25FN4O7S/c1-28-21(14-23(32)29(2)25(28)34)27-22(31)15-37-24(33)13-20-19-6-4-3-5-16(19)11-12-30(20)38(35,36)18-9-7-17(26)8-10-18/h3-10,14,20H,11-13,15H2,1-2H3,(H,27,31). The topological polar surface area (TPSA) is 137 Å². The summed E-state index contributed by atoms with van der Waals surface area (Å²) in [6.07, 6.45) is 0.0366. The van der Waals surface area contributed by atoms with Gasteiger partial charge in [0.05, 0.1) is 17.4 Å². The fourth-order valence-electron chi connectivity index (χ4n) is 4.26. The number of ether oxygens (including phenoxy) is 1. The molecular formula is C25H25FN4O7S. The van der Waals surface area contributed by atoms with Crippen LogP contribution >= 0.6 is 0 Å². The first-order valence-corrected chi connectivity index (χ1v) is 13.0. The number of anilines is 1. The second-order valence-electron chi connectivity index (χ2n) is 8.72. The highest BCUT2D eigenvalue weighted by Gasteiger charge is 2.38. The molecule has 13 heteroatoms.